The fourth-order valence-electron chi connectivity index (χ4n) is 11.4. The second-order valence-electron chi connectivity index (χ2n) is 18.3. The van der Waals surface area contributed by atoms with Crippen LogP contribution in [0.1, 0.15) is 168 Å². The van der Waals surface area contributed by atoms with Gasteiger partial charge in [-0.25, -0.2) is 14.4 Å². The molecule has 4 amide bonds. The molecule has 4 atom stereocenters. The molecule has 60 heavy (non-hydrogen) atoms. The van der Waals surface area contributed by atoms with E-state index in [9.17, 15) is 22.8 Å². The highest BCUT2D eigenvalue weighted by Gasteiger charge is 2.44. The van der Waals surface area contributed by atoms with E-state index in [1.807, 2.05) is 0 Å². The number of hydrogen-bond donors (Lipinski definition) is 5. The van der Waals surface area contributed by atoms with Crippen molar-refractivity contribution in [1.82, 2.24) is 31.1 Å². The zero-order valence-electron chi connectivity index (χ0n) is 35.2. The molecule has 4 heterocycles. The lowest BCUT2D eigenvalue weighted by Crippen LogP contribution is -2.44. The van der Waals surface area contributed by atoms with Gasteiger partial charge in [0.25, 0.3) is 0 Å². The first-order valence-electron chi connectivity index (χ1n) is 23.1. The SMILES string of the molecule is O=C(NCCCCCCCNC(=O)NC1CCC(CCN2[C@@H]3CC[C@H]2c2ccccc23)CC1)NC1CCC(CCN2C3CC[C@@H]2c2ccccc23)CC1.O=C(O)C(F)(F)F. The molecular formula is C47H67F3N6O4. The Hall–Kier alpha value is -3.84. The minimum Gasteiger partial charge on any atom is -0.475 e. The van der Waals surface area contributed by atoms with E-state index in [1.54, 1.807) is 22.3 Å². The Morgan fingerprint density at radius 2 is 0.850 bits per heavy atom. The van der Waals surface area contributed by atoms with Gasteiger partial charge in [-0.1, -0.05) is 67.8 Å². The normalized spacial score (nSPS) is 28.0. The summed E-state index contributed by atoms with van der Waals surface area (Å²) in [5.41, 5.74) is 6.34. The molecule has 10 nitrogen and oxygen atoms in total. The number of alkyl halides is 3. The van der Waals surface area contributed by atoms with Gasteiger partial charge in [0.1, 0.15) is 0 Å². The number of hydrogen-bond acceptors (Lipinski definition) is 5. The number of carboxylic acids is 1. The van der Waals surface area contributed by atoms with Crippen LogP contribution >= 0.6 is 0 Å². The van der Waals surface area contributed by atoms with Crippen molar-refractivity contribution in [1.29, 1.82) is 0 Å². The van der Waals surface area contributed by atoms with Crippen LogP contribution in [0.15, 0.2) is 48.5 Å². The van der Waals surface area contributed by atoms with Gasteiger partial charge in [-0.3, -0.25) is 9.80 Å². The number of unbranched alkanes of at least 4 members (excludes halogenated alkanes) is 4. The van der Waals surface area contributed by atoms with Crippen LogP contribution in [0.2, 0.25) is 0 Å². The number of aliphatic carboxylic acids is 1. The highest BCUT2D eigenvalue weighted by atomic mass is 19.4. The fourth-order valence-corrected chi connectivity index (χ4v) is 11.4. The first kappa shape index (κ1) is 44.2. The standard InChI is InChI=1S/C45H66N6O2.C2HF3O2/c52-44(48-34-18-14-32(15-19-34)26-30-50-40-22-23-41(50)37-11-5-4-10-36(37)40)46-28-8-2-1-3-9-29-47-45(53)49-35-20-16-33(17-21-35)27-31-51-42-24-25-43(51)39-13-7-6-12-38(39)42;3-2(4,5)1(6)7/h4-7,10-13,32-35,40-43H,1-3,8-9,14-31H2,(H2,46,48,52)(H2,47,49,53);(H,6,7)/t32?,33?,34?,35?,40-,41+,42-,43?;/m1./s1. The molecular weight excluding hydrogens is 770 g/mol. The summed E-state index contributed by atoms with van der Waals surface area (Å²) >= 11 is 0. The number of rotatable bonds is 16. The number of carbonyl (C=O) groups is 3. The Morgan fingerprint density at radius 3 is 1.17 bits per heavy atom. The summed E-state index contributed by atoms with van der Waals surface area (Å²) in [6.07, 6.45) is 17.5. The van der Waals surface area contributed by atoms with E-state index in [0.29, 0.717) is 36.3 Å². The van der Waals surface area contributed by atoms with Crippen molar-refractivity contribution in [2.75, 3.05) is 26.2 Å². The van der Waals surface area contributed by atoms with E-state index in [1.165, 1.54) is 77.3 Å². The summed E-state index contributed by atoms with van der Waals surface area (Å²) in [7, 11) is 0. The second kappa shape index (κ2) is 20.8. The Labute approximate surface area is 354 Å². The summed E-state index contributed by atoms with van der Waals surface area (Å²) in [6, 6.07) is 21.4. The van der Waals surface area contributed by atoms with Crippen LogP contribution in [0.5, 0.6) is 0 Å². The maximum atomic E-state index is 12.5. The molecule has 4 bridgehead atoms. The van der Waals surface area contributed by atoms with Gasteiger partial charge >= 0.3 is 24.2 Å². The Morgan fingerprint density at radius 1 is 0.533 bits per heavy atom. The molecule has 2 aliphatic carbocycles. The van der Waals surface area contributed by atoms with Crippen LogP contribution in [0, 0.1) is 11.8 Å². The van der Waals surface area contributed by atoms with Gasteiger partial charge in [0.15, 0.2) is 0 Å². The molecule has 4 fully saturated rings. The van der Waals surface area contributed by atoms with Gasteiger partial charge in [0.05, 0.1) is 0 Å². The van der Waals surface area contributed by atoms with Crippen molar-refractivity contribution in [3.05, 3.63) is 70.8 Å². The van der Waals surface area contributed by atoms with E-state index >= 15 is 0 Å². The highest BCUT2D eigenvalue weighted by Crippen LogP contribution is 2.54. The number of nitrogens with zero attached hydrogens (tertiary/aromatic N) is 2. The smallest absolute Gasteiger partial charge is 0.475 e. The molecule has 13 heteroatoms. The maximum absolute atomic E-state index is 12.5. The van der Waals surface area contributed by atoms with E-state index in [0.717, 1.165) is 82.7 Å². The summed E-state index contributed by atoms with van der Waals surface area (Å²) in [4.78, 5) is 39.5. The van der Waals surface area contributed by atoms with E-state index in [2.05, 4.69) is 79.6 Å². The van der Waals surface area contributed by atoms with Crippen LogP contribution in [0.4, 0.5) is 22.8 Å². The molecule has 0 spiro atoms. The van der Waals surface area contributed by atoms with Gasteiger partial charge in [0, 0.05) is 49.3 Å². The predicted molar refractivity (Wildman–Crippen MR) is 226 cm³/mol. The first-order chi connectivity index (χ1) is 29.0. The average molecular weight is 837 g/mol. The number of amides is 4. The predicted octanol–water partition coefficient (Wildman–Crippen LogP) is 9.85. The molecule has 1 unspecified atom stereocenters. The summed E-state index contributed by atoms with van der Waals surface area (Å²) in [6.45, 7) is 3.91. The third-order valence-electron chi connectivity index (χ3n) is 14.6. The molecule has 8 rings (SSSR count). The highest BCUT2D eigenvalue weighted by molar-refractivity contribution is 5.74. The zero-order valence-corrected chi connectivity index (χ0v) is 35.2. The lowest BCUT2D eigenvalue weighted by molar-refractivity contribution is -0.192. The molecule has 6 aliphatic rings. The van der Waals surface area contributed by atoms with Gasteiger partial charge < -0.3 is 26.4 Å². The van der Waals surface area contributed by atoms with E-state index < -0.39 is 12.1 Å². The monoisotopic (exact) mass is 837 g/mol. The molecule has 330 valence electrons. The van der Waals surface area contributed by atoms with Gasteiger partial charge in [-0.2, -0.15) is 13.2 Å². The molecule has 2 saturated carbocycles. The summed E-state index contributed by atoms with van der Waals surface area (Å²) in [5, 5.41) is 19.8. The Balaban J connectivity index is 0.000000716. The second-order valence-corrected chi connectivity index (χ2v) is 18.3. The molecule has 0 radical (unpaired) electrons. The van der Waals surface area contributed by atoms with Crippen LogP contribution < -0.4 is 21.3 Å². The largest absolute Gasteiger partial charge is 0.490 e. The van der Waals surface area contributed by atoms with Crippen LogP contribution in [0.25, 0.3) is 0 Å². The molecule has 2 saturated heterocycles. The topological polar surface area (TPSA) is 126 Å². The minimum absolute atomic E-state index is 0.00341. The van der Waals surface area contributed by atoms with Gasteiger partial charge in [-0.15, -0.1) is 0 Å². The first-order valence-corrected chi connectivity index (χ1v) is 23.1. The van der Waals surface area contributed by atoms with Crippen molar-refractivity contribution in [2.45, 2.75) is 164 Å². The number of carbonyl (C=O) groups excluding carboxylic acids is 2. The maximum Gasteiger partial charge on any atom is 0.490 e. The van der Waals surface area contributed by atoms with Gasteiger partial charge in [0.2, 0.25) is 0 Å². The molecule has 5 N–H and O–H groups in total. The van der Waals surface area contributed by atoms with Gasteiger partial charge in [-0.05, 0) is 150 Å². The molecule has 4 aliphatic heterocycles. The van der Waals surface area contributed by atoms with E-state index in [-0.39, 0.29) is 12.1 Å². The molecule has 0 aromatic heterocycles. The number of urea groups is 2. The van der Waals surface area contributed by atoms with Crippen molar-refractivity contribution in [2.24, 2.45) is 11.8 Å². The Bertz CT molecular complexity index is 1550. The average Bonchev–Trinajstić information content (AvgIpc) is 4.01. The minimum atomic E-state index is -5.08. The number of fused-ring (bicyclic) bond motifs is 10. The third-order valence-corrected chi connectivity index (χ3v) is 14.6. The van der Waals surface area contributed by atoms with Crippen molar-refractivity contribution in [3.8, 4) is 0 Å². The summed E-state index contributed by atoms with van der Waals surface area (Å²) in [5.74, 6) is -1.18. The number of carboxylic acid groups (broad SMARTS) is 1. The van der Waals surface area contributed by atoms with Crippen molar-refractivity contribution < 1.29 is 32.7 Å². The Kier molecular flexibility index (Phi) is 15.3. The number of benzene rings is 2. The fraction of sp³-hybridized carbons (Fsp3) is 0.681. The van der Waals surface area contributed by atoms with Crippen molar-refractivity contribution in [3.63, 3.8) is 0 Å². The van der Waals surface area contributed by atoms with E-state index in [4.69, 9.17) is 9.90 Å². The quantitative estimate of drug-likeness (QED) is 0.107. The van der Waals surface area contributed by atoms with Crippen LogP contribution in [-0.4, -0.2) is 77.4 Å². The lowest BCUT2D eigenvalue weighted by Gasteiger charge is -2.31. The zero-order chi connectivity index (χ0) is 42.1. The number of nitrogens with one attached hydrogen (secondary N) is 4. The lowest BCUT2D eigenvalue weighted by atomic mass is 9.84. The number of halogens is 3. The third kappa shape index (κ3) is 11.3. The summed E-state index contributed by atoms with van der Waals surface area (Å²) < 4.78 is 31.7. The van der Waals surface area contributed by atoms with Crippen LogP contribution in [-0.2, 0) is 4.79 Å². The molecule has 2 aromatic rings. The molecule has 2 aromatic carbocycles. The van der Waals surface area contributed by atoms with Crippen LogP contribution in [0.3, 0.4) is 0 Å². The van der Waals surface area contributed by atoms with Crippen molar-refractivity contribution >= 4 is 18.0 Å².